The molecule has 0 saturated carbocycles. The van der Waals surface area contributed by atoms with Crippen molar-refractivity contribution in [1.29, 1.82) is 0 Å². The van der Waals surface area contributed by atoms with Gasteiger partial charge in [0.2, 0.25) is 32.9 Å². The Hall–Kier alpha value is -7.85. The number of nitrogens with one attached hydrogen (secondary N) is 3. The average Bonchev–Trinajstić information content (AvgIpc) is 1.23. The molecule has 8 rings (SSSR count). The second kappa shape index (κ2) is 37.3. The number of halogens is 4. The van der Waals surface area contributed by atoms with E-state index >= 15 is 0 Å². The van der Waals surface area contributed by atoms with E-state index in [1.54, 1.807) is 27.0 Å². The Bertz CT molecular complexity index is 3280. The minimum absolute atomic E-state index is 0.0400. The number of aromatic nitrogens is 2. The van der Waals surface area contributed by atoms with Crippen molar-refractivity contribution >= 4 is 73.5 Å². The predicted octanol–water partition coefficient (Wildman–Crippen LogP) is 11.2. The summed E-state index contributed by atoms with van der Waals surface area (Å²) in [5.41, 5.74) is 4.17. The second-order valence-electron chi connectivity index (χ2n) is 21.4. The average molecular weight is 1310 g/mol. The lowest BCUT2D eigenvalue weighted by molar-refractivity contribution is -0.126. The Balaban J connectivity index is 0.000000327. The minimum Gasteiger partial charge on any atom is -0.471 e. The number of ether oxygens (including phenoxy) is 2. The van der Waals surface area contributed by atoms with Gasteiger partial charge in [-0.1, -0.05) is 114 Å². The van der Waals surface area contributed by atoms with Gasteiger partial charge in [-0.3, -0.25) is 14.4 Å². The maximum atomic E-state index is 13.2. The van der Waals surface area contributed by atoms with Crippen LogP contribution in [0.2, 0.25) is 0 Å². The Morgan fingerprint density at radius 3 is 1.44 bits per heavy atom. The highest BCUT2D eigenvalue weighted by Gasteiger charge is 2.32. The zero-order chi connectivity index (χ0) is 67.2. The molecule has 0 radical (unpaired) electrons. The highest BCUT2D eigenvalue weighted by Crippen LogP contribution is 2.30. The van der Waals surface area contributed by atoms with E-state index in [4.69, 9.17) is 9.53 Å². The molecule has 2 aromatic heterocycles. The Morgan fingerprint density at radius 2 is 1.07 bits per heavy atom. The molecule has 90 heavy (non-hydrogen) atoms. The van der Waals surface area contributed by atoms with Crippen LogP contribution >= 0.6 is 11.3 Å². The van der Waals surface area contributed by atoms with Gasteiger partial charge in [0.15, 0.2) is 5.13 Å². The fraction of sp³-hybridized carbons (Fsp3) is 0.413. The molecule has 0 unspecified atom stereocenters. The largest absolute Gasteiger partial charge is 0.471 e. The maximum Gasteiger partial charge on any atom is 0.357 e. The summed E-state index contributed by atoms with van der Waals surface area (Å²) in [5, 5.41) is 10.7. The number of amides is 4. The summed E-state index contributed by atoms with van der Waals surface area (Å²) >= 11 is 1.51. The van der Waals surface area contributed by atoms with Crippen molar-refractivity contribution in [2.75, 3.05) is 69.7 Å². The minimum atomic E-state index is -3.87. The zero-order valence-corrected chi connectivity index (χ0v) is 55.0. The summed E-state index contributed by atoms with van der Waals surface area (Å²) in [7, 11) is -6.23. The number of methoxy groups -OCH3 is 1. The quantitative estimate of drug-likeness (QED) is 0.0412. The number of pyridine rings is 1. The van der Waals surface area contributed by atoms with E-state index in [2.05, 4.69) is 82.6 Å². The fourth-order valence-electron chi connectivity index (χ4n) is 8.14. The molecule has 0 spiro atoms. The van der Waals surface area contributed by atoms with Crippen LogP contribution in [-0.2, 0) is 62.9 Å². The van der Waals surface area contributed by atoms with Gasteiger partial charge in [0.25, 0.3) is 18.8 Å². The van der Waals surface area contributed by atoms with Crippen molar-refractivity contribution in [3.05, 3.63) is 166 Å². The van der Waals surface area contributed by atoms with Gasteiger partial charge in [-0.2, -0.15) is 8.61 Å². The van der Waals surface area contributed by atoms with Crippen molar-refractivity contribution in [2.45, 2.75) is 122 Å². The molecule has 20 nitrogen and oxygen atoms in total. The number of carbonyl (C=O) groups is 5. The molecule has 6 aromatic rings. The van der Waals surface area contributed by atoms with E-state index < -0.39 is 50.0 Å². The monoisotopic (exact) mass is 1310 g/mol. The highest BCUT2D eigenvalue weighted by atomic mass is 32.2. The van der Waals surface area contributed by atoms with E-state index in [1.165, 1.54) is 85.7 Å². The van der Waals surface area contributed by atoms with Crippen molar-refractivity contribution < 1.29 is 67.8 Å². The summed E-state index contributed by atoms with van der Waals surface area (Å²) in [6.07, 6.45) is 1.85. The molecule has 0 aliphatic carbocycles. The fourth-order valence-corrected chi connectivity index (χ4v) is 11.7. The molecule has 2 aliphatic heterocycles. The number of rotatable bonds is 18. The summed E-state index contributed by atoms with van der Waals surface area (Å²) in [4.78, 5) is 65.5. The number of nitrogens with zero attached hydrogens (tertiary/aromatic N) is 6. The van der Waals surface area contributed by atoms with E-state index in [0.717, 1.165) is 60.3 Å². The van der Waals surface area contributed by atoms with Crippen LogP contribution in [0.25, 0.3) is 0 Å². The van der Waals surface area contributed by atoms with Gasteiger partial charge in [-0.05, 0) is 91.3 Å². The first-order valence-corrected chi connectivity index (χ1v) is 32.5. The Morgan fingerprint density at radius 1 is 0.633 bits per heavy atom. The molecule has 4 aromatic carbocycles. The number of hydrogen-bond donors (Lipinski definition) is 3. The first-order valence-electron chi connectivity index (χ1n) is 28.8. The summed E-state index contributed by atoms with van der Waals surface area (Å²) in [6.45, 7) is 22.4. The molecule has 27 heteroatoms. The van der Waals surface area contributed by atoms with Gasteiger partial charge >= 0.3 is 12.0 Å². The number of sulfonamides is 2. The second-order valence-corrected chi connectivity index (χ2v) is 26.1. The van der Waals surface area contributed by atoms with Gasteiger partial charge in [0.1, 0.15) is 11.3 Å². The SMILES string of the molecule is CC.CC(C)(C)OC(=O)c1cc(NC(=O)N2CCN(S(=O)(=O)c3ccc(C(F)F)cc3)CC2)ccn1.CC(C)c1ccc(CNC=O)cc1.CC(C)c1ccc(CNC=O)cc1.CC(F)(F)c1ccc(S(=O)(=O)N2CCN(c3nccs3)CC2)cc1.COC=O. The smallest absolute Gasteiger partial charge is 0.357 e. The number of esters is 1. The molecule has 2 aliphatic rings. The lowest BCUT2D eigenvalue weighted by Gasteiger charge is -2.34. The Kier molecular flexibility index (Phi) is 31.7. The summed E-state index contributed by atoms with van der Waals surface area (Å²) in [5.74, 6) is -2.48. The van der Waals surface area contributed by atoms with E-state index in [1.807, 2.05) is 48.4 Å². The third-order valence-electron chi connectivity index (χ3n) is 13.0. The van der Waals surface area contributed by atoms with Gasteiger partial charge in [-0.15, -0.1) is 11.3 Å². The molecule has 4 heterocycles. The van der Waals surface area contributed by atoms with E-state index in [-0.39, 0.29) is 52.8 Å². The van der Waals surface area contributed by atoms with Gasteiger partial charge < -0.3 is 35.2 Å². The lowest BCUT2D eigenvalue weighted by atomic mass is 10.0. The van der Waals surface area contributed by atoms with Crippen LogP contribution in [0.4, 0.5) is 33.2 Å². The number of carbonyl (C=O) groups excluding carboxylic acids is 5. The number of thiazole rings is 1. The maximum absolute atomic E-state index is 13.2. The van der Waals surface area contributed by atoms with Gasteiger partial charge in [0, 0.05) is 107 Å². The number of anilines is 2. The van der Waals surface area contributed by atoms with Crippen LogP contribution in [-0.4, -0.2) is 137 Å². The van der Waals surface area contributed by atoms with Crippen LogP contribution in [0.3, 0.4) is 0 Å². The lowest BCUT2D eigenvalue weighted by Crippen LogP contribution is -2.51. The molecular weight excluding hydrogens is 1230 g/mol. The number of alkyl halides is 4. The van der Waals surface area contributed by atoms with Crippen molar-refractivity contribution in [3.63, 3.8) is 0 Å². The molecule has 2 saturated heterocycles. The van der Waals surface area contributed by atoms with Crippen molar-refractivity contribution in [2.24, 2.45) is 0 Å². The van der Waals surface area contributed by atoms with E-state index in [9.17, 15) is 53.6 Å². The molecule has 0 atom stereocenters. The molecule has 2 fully saturated rings. The Labute approximate surface area is 530 Å². The van der Waals surface area contributed by atoms with Gasteiger partial charge in [0.05, 0.1) is 16.9 Å². The van der Waals surface area contributed by atoms with Crippen LogP contribution < -0.4 is 20.9 Å². The number of hydrogen-bond acceptors (Lipinski definition) is 15. The van der Waals surface area contributed by atoms with Crippen molar-refractivity contribution in [1.82, 2.24) is 34.1 Å². The van der Waals surface area contributed by atoms with Crippen LogP contribution in [0.5, 0.6) is 0 Å². The van der Waals surface area contributed by atoms with Crippen LogP contribution in [0.1, 0.15) is 131 Å². The normalized spacial score (nSPS) is 13.6. The number of benzene rings is 4. The third-order valence-corrected chi connectivity index (χ3v) is 17.7. The highest BCUT2D eigenvalue weighted by molar-refractivity contribution is 7.89. The molecule has 492 valence electrons. The topological polar surface area (TPSA) is 247 Å². The number of urea groups is 1. The molecular formula is C63H83F4N9O11S3. The molecule has 3 N–H and O–H groups in total. The summed E-state index contributed by atoms with van der Waals surface area (Å²) < 4.78 is 115. The third kappa shape index (κ3) is 25.2. The molecule has 4 amide bonds. The van der Waals surface area contributed by atoms with Crippen molar-refractivity contribution in [3.8, 4) is 0 Å². The van der Waals surface area contributed by atoms with E-state index in [0.29, 0.717) is 63.3 Å². The molecule has 0 bridgehead atoms. The summed E-state index contributed by atoms with van der Waals surface area (Å²) in [6, 6.07) is 28.4. The predicted molar refractivity (Wildman–Crippen MR) is 341 cm³/mol. The first-order chi connectivity index (χ1) is 42.5. The van der Waals surface area contributed by atoms with Crippen LogP contribution in [0, 0.1) is 0 Å². The number of piperazine rings is 2. The van der Waals surface area contributed by atoms with Crippen LogP contribution in [0.15, 0.2) is 137 Å². The first kappa shape index (κ1) is 76.4. The van der Waals surface area contributed by atoms with Gasteiger partial charge in [-0.25, -0.2) is 54.0 Å². The zero-order valence-electron chi connectivity index (χ0n) is 52.6. The standard InChI is InChI=1S/C22H26F2N4O5S.C15H17F2N3O2S2.2C11H15NO.C2H4O2.C2H6/c1-22(2,3)33-20(29)18-14-16(8-9-25-18)26-21(30)27-10-12-28(13-11-27)34(31,32)17-6-4-15(5-7-17)19(23)24;1-15(16,17)12-2-4-13(5-3-12)24(21,22)20-9-7-19(8-10-20)14-18-6-11-23-14;2*1-9(2)11-5-3-10(4-6-11)7-12-8-13;1-4-2-3;1-2/h4-9,14,19H,10-13H2,1-3H3,(H,25,26,30);2-6,11H,7-10H2,1H3;2*3-6,8-9H,7H2,1-2H3,(H,12,13);2H,1H3;1-2H3.